The zero-order chi connectivity index (χ0) is 13.9. The van der Waals surface area contributed by atoms with Crippen LogP contribution in [0.5, 0.6) is 0 Å². The maximum absolute atomic E-state index is 4.57. The number of nitrogens with one attached hydrogen (secondary N) is 1. The Labute approximate surface area is 119 Å². The molecular formula is C15H19N5. The van der Waals surface area contributed by atoms with E-state index in [0.29, 0.717) is 5.95 Å². The molecule has 0 spiro atoms. The van der Waals surface area contributed by atoms with Crippen molar-refractivity contribution in [3.05, 3.63) is 35.5 Å². The molecule has 0 unspecified atom stereocenters. The summed E-state index contributed by atoms with van der Waals surface area (Å²) < 4.78 is 0. The SMILES string of the molecule is Cc1cccc(C)c1Nc1nncc(N2CCCC2)n1. The summed E-state index contributed by atoms with van der Waals surface area (Å²) in [4.78, 5) is 6.83. The molecule has 1 fully saturated rings. The van der Waals surface area contributed by atoms with Crippen LogP contribution in [0.1, 0.15) is 24.0 Å². The number of hydrogen-bond acceptors (Lipinski definition) is 5. The average molecular weight is 269 g/mol. The van der Waals surface area contributed by atoms with E-state index in [1.165, 1.54) is 24.0 Å². The lowest BCUT2D eigenvalue weighted by atomic mass is 10.1. The molecule has 1 aliphatic heterocycles. The van der Waals surface area contributed by atoms with Crippen molar-refractivity contribution in [3.63, 3.8) is 0 Å². The number of anilines is 3. The van der Waals surface area contributed by atoms with Crippen LogP contribution in [0, 0.1) is 13.8 Å². The third-order valence-electron chi connectivity index (χ3n) is 3.69. The Balaban J connectivity index is 1.85. The third kappa shape index (κ3) is 2.57. The Morgan fingerprint density at radius 3 is 2.50 bits per heavy atom. The van der Waals surface area contributed by atoms with Gasteiger partial charge in [0.05, 0.1) is 6.20 Å². The Morgan fingerprint density at radius 1 is 1.10 bits per heavy atom. The molecule has 1 aliphatic rings. The van der Waals surface area contributed by atoms with Gasteiger partial charge in [0.25, 0.3) is 0 Å². The Morgan fingerprint density at radius 2 is 1.80 bits per heavy atom. The normalized spacial score (nSPS) is 14.6. The molecule has 2 heterocycles. The van der Waals surface area contributed by atoms with Gasteiger partial charge in [-0.1, -0.05) is 18.2 Å². The molecule has 5 nitrogen and oxygen atoms in total. The van der Waals surface area contributed by atoms with E-state index < -0.39 is 0 Å². The minimum absolute atomic E-state index is 0.562. The summed E-state index contributed by atoms with van der Waals surface area (Å²) in [5.74, 6) is 1.47. The quantitative estimate of drug-likeness (QED) is 0.928. The molecule has 0 saturated carbocycles. The van der Waals surface area contributed by atoms with Gasteiger partial charge < -0.3 is 10.2 Å². The molecule has 0 radical (unpaired) electrons. The van der Waals surface area contributed by atoms with E-state index in [1.807, 2.05) is 0 Å². The fourth-order valence-corrected chi connectivity index (χ4v) is 2.57. The molecule has 0 aliphatic carbocycles. The van der Waals surface area contributed by atoms with Crippen LogP contribution in [0.4, 0.5) is 17.5 Å². The van der Waals surface area contributed by atoms with Crippen LogP contribution in [0.15, 0.2) is 24.4 Å². The van der Waals surface area contributed by atoms with E-state index in [9.17, 15) is 0 Å². The van der Waals surface area contributed by atoms with Crippen LogP contribution < -0.4 is 10.2 Å². The number of hydrogen-bond donors (Lipinski definition) is 1. The number of aryl methyl sites for hydroxylation is 2. The van der Waals surface area contributed by atoms with E-state index in [1.54, 1.807) is 6.20 Å². The number of benzene rings is 1. The van der Waals surface area contributed by atoms with Crippen LogP contribution in [0.2, 0.25) is 0 Å². The monoisotopic (exact) mass is 269 g/mol. The van der Waals surface area contributed by atoms with Crippen molar-refractivity contribution in [1.82, 2.24) is 15.2 Å². The highest BCUT2D eigenvalue weighted by Gasteiger charge is 2.15. The molecule has 0 atom stereocenters. The van der Waals surface area contributed by atoms with E-state index in [0.717, 1.165) is 24.6 Å². The van der Waals surface area contributed by atoms with Crippen molar-refractivity contribution >= 4 is 17.5 Å². The zero-order valence-corrected chi connectivity index (χ0v) is 11.9. The van der Waals surface area contributed by atoms with Gasteiger partial charge in [-0.25, -0.2) is 0 Å². The summed E-state index contributed by atoms with van der Waals surface area (Å²) in [7, 11) is 0. The molecular weight excluding hydrogens is 250 g/mol. The summed E-state index contributed by atoms with van der Waals surface area (Å²) in [6, 6.07) is 6.20. The Hall–Kier alpha value is -2.17. The number of para-hydroxylation sites is 1. The smallest absolute Gasteiger partial charge is 0.249 e. The Kier molecular flexibility index (Phi) is 3.50. The van der Waals surface area contributed by atoms with Crippen LogP contribution in [0.3, 0.4) is 0 Å². The van der Waals surface area contributed by atoms with E-state index >= 15 is 0 Å². The second kappa shape index (κ2) is 5.45. The van der Waals surface area contributed by atoms with Crippen LogP contribution in [0.25, 0.3) is 0 Å². The van der Waals surface area contributed by atoms with E-state index in [-0.39, 0.29) is 0 Å². The number of aromatic nitrogens is 3. The lowest BCUT2D eigenvalue weighted by Gasteiger charge is -2.16. The third-order valence-corrected chi connectivity index (χ3v) is 3.69. The second-order valence-corrected chi connectivity index (χ2v) is 5.22. The minimum atomic E-state index is 0.562. The Bertz CT molecular complexity index is 585. The average Bonchev–Trinajstić information content (AvgIpc) is 2.98. The zero-order valence-electron chi connectivity index (χ0n) is 11.9. The predicted molar refractivity (Wildman–Crippen MR) is 80.5 cm³/mol. The first kappa shape index (κ1) is 12.8. The van der Waals surface area contributed by atoms with Gasteiger partial charge in [0.2, 0.25) is 5.95 Å². The van der Waals surface area contributed by atoms with Gasteiger partial charge in [0, 0.05) is 18.8 Å². The van der Waals surface area contributed by atoms with Crippen LogP contribution in [-0.2, 0) is 0 Å². The lowest BCUT2D eigenvalue weighted by molar-refractivity contribution is 0.890. The van der Waals surface area contributed by atoms with Gasteiger partial charge in [-0.05, 0) is 37.8 Å². The molecule has 5 heteroatoms. The first-order chi connectivity index (χ1) is 9.74. The summed E-state index contributed by atoms with van der Waals surface area (Å²) in [5.41, 5.74) is 3.42. The maximum atomic E-state index is 4.57. The molecule has 20 heavy (non-hydrogen) atoms. The first-order valence-corrected chi connectivity index (χ1v) is 7.02. The van der Waals surface area contributed by atoms with Crippen molar-refractivity contribution < 1.29 is 0 Å². The van der Waals surface area contributed by atoms with Crippen LogP contribution in [-0.4, -0.2) is 28.3 Å². The molecule has 0 bridgehead atoms. The highest BCUT2D eigenvalue weighted by Crippen LogP contribution is 2.23. The van der Waals surface area contributed by atoms with E-state index in [4.69, 9.17) is 0 Å². The van der Waals surface area contributed by atoms with Crippen molar-refractivity contribution in [2.75, 3.05) is 23.3 Å². The highest BCUT2D eigenvalue weighted by molar-refractivity contribution is 5.63. The number of rotatable bonds is 3. The largest absolute Gasteiger partial charge is 0.355 e. The lowest BCUT2D eigenvalue weighted by Crippen LogP contribution is -2.20. The summed E-state index contributed by atoms with van der Waals surface area (Å²) >= 11 is 0. The first-order valence-electron chi connectivity index (χ1n) is 7.02. The summed E-state index contributed by atoms with van der Waals surface area (Å²) in [6.45, 7) is 6.27. The molecule has 1 aromatic carbocycles. The molecule has 2 aromatic rings. The molecule has 1 saturated heterocycles. The molecule has 104 valence electrons. The molecule has 1 N–H and O–H groups in total. The maximum Gasteiger partial charge on any atom is 0.249 e. The molecule has 3 rings (SSSR count). The van der Waals surface area contributed by atoms with Crippen molar-refractivity contribution in [2.24, 2.45) is 0 Å². The van der Waals surface area contributed by atoms with Gasteiger partial charge in [-0.3, -0.25) is 0 Å². The van der Waals surface area contributed by atoms with Gasteiger partial charge in [0.15, 0.2) is 5.82 Å². The van der Waals surface area contributed by atoms with Crippen molar-refractivity contribution in [3.8, 4) is 0 Å². The van der Waals surface area contributed by atoms with E-state index in [2.05, 4.69) is 57.4 Å². The topological polar surface area (TPSA) is 53.9 Å². The van der Waals surface area contributed by atoms with Crippen molar-refractivity contribution in [2.45, 2.75) is 26.7 Å². The van der Waals surface area contributed by atoms with Crippen LogP contribution >= 0.6 is 0 Å². The molecule has 1 aromatic heterocycles. The van der Waals surface area contributed by atoms with Gasteiger partial charge in [0.1, 0.15) is 0 Å². The highest BCUT2D eigenvalue weighted by atomic mass is 15.3. The molecule has 0 amide bonds. The van der Waals surface area contributed by atoms with Gasteiger partial charge in [-0.2, -0.15) is 10.1 Å². The van der Waals surface area contributed by atoms with Gasteiger partial charge >= 0.3 is 0 Å². The van der Waals surface area contributed by atoms with Gasteiger partial charge in [-0.15, -0.1) is 5.10 Å². The summed E-state index contributed by atoms with van der Waals surface area (Å²) in [5, 5.41) is 11.5. The standard InChI is InChI=1S/C15H19N5/c1-11-6-5-7-12(2)14(11)18-15-17-13(10-16-19-15)20-8-3-4-9-20/h5-7,10H,3-4,8-9H2,1-2H3,(H,17,18,19). The summed E-state index contributed by atoms with van der Waals surface area (Å²) in [6.07, 6.45) is 4.19. The minimum Gasteiger partial charge on any atom is -0.355 e. The number of nitrogens with zero attached hydrogens (tertiary/aromatic N) is 4. The van der Waals surface area contributed by atoms with Crippen molar-refractivity contribution in [1.29, 1.82) is 0 Å². The predicted octanol–water partition coefficient (Wildman–Crippen LogP) is 2.83. The fourth-order valence-electron chi connectivity index (χ4n) is 2.57. The fraction of sp³-hybridized carbons (Fsp3) is 0.400. The second-order valence-electron chi connectivity index (χ2n) is 5.22.